The lowest BCUT2D eigenvalue weighted by Crippen LogP contribution is -2.15. The molecule has 3 aromatic rings. The summed E-state index contributed by atoms with van der Waals surface area (Å²) in [6.07, 6.45) is 3.24. The molecule has 0 radical (unpaired) electrons. The van der Waals surface area contributed by atoms with E-state index in [0.29, 0.717) is 23.9 Å². The summed E-state index contributed by atoms with van der Waals surface area (Å²) >= 11 is 3.04. The molecule has 29 heavy (non-hydrogen) atoms. The van der Waals surface area contributed by atoms with Gasteiger partial charge in [0.1, 0.15) is 13.2 Å². The van der Waals surface area contributed by atoms with E-state index in [4.69, 9.17) is 9.47 Å². The van der Waals surface area contributed by atoms with Crippen molar-refractivity contribution in [3.8, 4) is 11.5 Å². The first-order chi connectivity index (χ1) is 14.2. The molecule has 0 unspecified atom stereocenters. The summed E-state index contributed by atoms with van der Waals surface area (Å²) in [5, 5.41) is 3.61. The van der Waals surface area contributed by atoms with Crippen molar-refractivity contribution in [3.63, 3.8) is 0 Å². The molecule has 0 saturated heterocycles. The lowest BCUT2D eigenvalue weighted by molar-refractivity contribution is 0.102. The van der Waals surface area contributed by atoms with Crippen LogP contribution >= 0.6 is 23.3 Å². The van der Waals surface area contributed by atoms with Gasteiger partial charge in [0, 0.05) is 21.0 Å². The fourth-order valence-corrected chi connectivity index (χ4v) is 5.05. The smallest absolute Gasteiger partial charge is 0.257 e. The van der Waals surface area contributed by atoms with Gasteiger partial charge in [-0.25, -0.2) is 4.98 Å². The molecule has 2 aromatic carbocycles. The Balaban J connectivity index is 1.24. The van der Waals surface area contributed by atoms with Crippen LogP contribution in [0, 0.1) is 0 Å². The highest BCUT2D eigenvalue weighted by molar-refractivity contribution is 8.00. The number of amides is 1. The normalized spacial score (nSPS) is 14.3. The van der Waals surface area contributed by atoms with Crippen LogP contribution in [0.15, 0.2) is 47.4 Å². The largest absolute Gasteiger partial charge is 0.486 e. The van der Waals surface area contributed by atoms with Gasteiger partial charge in [0.15, 0.2) is 16.6 Å². The number of fused-ring (bicyclic) bond motifs is 2. The van der Waals surface area contributed by atoms with Gasteiger partial charge in [-0.3, -0.25) is 10.1 Å². The van der Waals surface area contributed by atoms with Gasteiger partial charge in [0.25, 0.3) is 5.91 Å². The molecule has 1 aliphatic carbocycles. The lowest BCUT2D eigenvalue weighted by Gasteiger charge is -2.18. The van der Waals surface area contributed by atoms with Crippen LogP contribution in [0.3, 0.4) is 0 Å². The monoisotopic (exact) mass is 425 g/mol. The van der Waals surface area contributed by atoms with E-state index >= 15 is 0 Å². The van der Waals surface area contributed by atoms with E-state index in [-0.39, 0.29) is 5.91 Å². The summed E-state index contributed by atoms with van der Waals surface area (Å²) < 4.78 is 14.5. The molecule has 5 rings (SSSR count). The Kier molecular flexibility index (Phi) is 5.03. The molecule has 1 amide bonds. The van der Waals surface area contributed by atoms with Crippen LogP contribution in [0.5, 0.6) is 11.5 Å². The summed E-state index contributed by atoms with van der Waals surface area (Å²) in [5.41, 5.74) is 2.57. The first-order valence-corrected chi connectivity index (χ1v) is 11.1. The second-order valence-corrected chi connectivity index (χ2v) is 8.75. The zero-order valence-corrected chi connectivity index (χ0v) is 17.2. The number of benzene rings is 2. The Hall–Kier alpha value is -2.71. The summed E-state index contributed by atoms with van der Waals surface area (Å²) in [5.74, 6) is 1.38. The zero-order valence-electron chi connectivity index (χ0n) is 15.6. The average molecular weight is 426 g/mol. The van der Waals surface area contributed by atoms with E-state index in [9.17, 15) is 4.79 Å². The van der Waals surface area contributed by atoms with Gasteiger partial charge in [-0.05, 0) is 67.6 Å². The minimum Gasteiger partial charge on any atom is -0.486 e. The van der Waals surface area contributed by atoms with Crippen molar-refractivity contribution < 1.29 is 14.3 Å². The fraction of sp³-hybridized carbons (Fsp3) is 0.238. The first kappa shape index (κ1) is 18.3. The predicted octanol–water partition coefficient (Wildman–Crippen LogP) is 4.77. The van der Waals surface area contributed by atoms with E-state index in [0.717, 1.165) is 47.0 Å². The molecule has 6 nitrogen and oxygen atoms in total. The molecular formula is C21H19N3O3S2. The Morgan fingerprint density at radius 1 is 1.07 bits per heavy atom. The third-order valence-corrected chi connectivity index (χ3v) is 6.64. The molecule has 0 saturated carbocycles. The number of hydrogen-bond donors (Lipinski definition) is 2. The molecule has 0 fully saturated rings. The van der Waals surface area contributed by atoms with E-state index in [1.165, 1.54) is 16.8 Å². The second kappa shape index (κ2) is 7.96. The highest BCUT2D eigenvalue weighted by Gasteiger charge is 2.18. The highest BCUT2D eigenvalue weighted by atomic mass is 32.2. The molecule has 0 atom stereocenters. The molecule has 8 heteroatoms. The van der Waals surface area contributed by atoms with Crippen LogP contribution in [0.4, 0.5) is 10.8 Å². The van der Waals surface area contributed by atoms with Crippen LogP contribution in [-0.2, 0) is 12.8 Å². The van der Waals surface area contributed by atoms with Gasteiger partial charge >= 0.3 is 0 Å². The molecule has 0 spiro atoms. The molecule has 148 valence electrons. The van der Waals surface area contributed by atoms with Gasteiger partial charge in [0.2, 0.25) is 0 Å². The van der Waals surface area contributed by atoms with Crippen molar-refractivity contribution >= 4 is 40.0 Å². The van der Waals surface area contributed by atoms with Crippen molar-refractivity contribution in [2.24, 2.45) is 0 Å². The molecule has 2 heterocycles. The Labute approximate surface area is 176 Å². The number of carbonyl (C=O) groups is 1. The minimum atomic E-state index is -0.148. The predicted molar refractivity (Wildman–Crippen MR) is 115 cm³/mol. The molecule has 2 N–H and O–H groups in total. The van der Waals surface area contributed by atoms with Crippen molar-refractivity contribution in [2.45, 2.75) is 24.2 Å². The third kappa shape index (κ3) is 4.04. The highest BCUT2D eigenvalue weighted by Crippen LogP contribution is 2.34. The van der Waals surface area contributed by atoms with Crippen molar-refractivity contribution in [1.82, 2.24) is 4.98 Å². The number of aromatic nitrogens is 1. The van der Waals surface area contributed by atoms with Crippen LogP contribution in [0.2, 0.25) is 0 Å². The number of aryl methyl sites for hydroxylation is 2. The maximum absolute atomic E-state index is 12.6. The Morgan fingerprint density at radius 2 is 1.97 bits per heavy atom. The number of carbonyl (C=O) groups excluding carboxylic acids is 1. The number of ether oxygens (including phenoxy) is 2. The fourth-order valence-electron chi connectivity index (χ4n) is 3.34. The van der Waals surface area contributed by atoms with Crippen LogP contribution in [0.25, 0.3) is 0 Å². The summed E-state index contributed by atoms with van der Waals surface area (Å²) in [7, 11) is 0. The summed E-state index contributed by atoms with van der Waals surface area (Å²) in [4.78, 5) is 19.5. The average Bonchev–Trinajstić information content (AvgIpc) is 3.34. The maximum atomic E-state index is 12.6. The van der Waals surface area contributed by atoms with Gasteiger partial charge in [0.05, 0.1) is 5.69 Å². The molecule has 2 aliphatic rings. The minimum absolute atomic E-state index is 0.148. The molecular weight excluding hydrogens is 406 g/mol. The summed E-state index contributed by atoms with van der Waals surface area (Å²) in [6, 6.07) is 13.3. The Morgan fingerprint density at radius 3 is 2.86 bits per heavy atom. The van der Waals surface area contributed by atoms with E-state index in [1.54, 1.807) is 17.4 Å². The third-order valence-electron chi connectivity index (χ3n) is 4.74. The Bertz CT molecular complexity index is 1050. The maximum Gasteiger partial charge on any atom is 0.257 e. The number of nitrogens with zero attached hydrogens (tertiary/aromatic N) is 1. The number of nitrogens with one attached hydrogen (secondary N) is 2. The topological polar surface area (TPSA) is 72.5 Å². The molecule has 1 aliphatic heterocycles. The van der Waals surface area contributed by atoms with Crippen LogP contribution in [-0.4, -0.2) is 24.1 Å². The lowest BCUT2D eigenvalue weighted by atomic mass is 10.2. The van der Waals surface area contributed by atoms with E-state index in [1.807, 2.05) is 36.4 Å². The summed E-state index contributed by atoms with van der Waals surface area (Å²) in [6.45, 7) is 1.14. The van der Waals surface area contributed by atoms with Crippen LogP contribution in [0.1, 0.15) is 27.3 Å². The van der Waals surface area contributed by atoms with Crippen LogP contribution < -0.4 is 19.5 Å². The number of hydrogen-bond acceptors (Lipinski definition) is 7. The molecule has 1 aromatic heterocycles. The van der Waals surface area contributed by atoms with Gasteiger partial charge < -0.3 is 14.2 Å². The number of anilines is 2. The van der Waals surface area contributed by atoms with Gasteiger partial charge in [-0.2, -0.15) is 0 Å². The van der Waals surface area contributed by atoms with Gasteiger partial charge in [-0.15, -0.1) is 11.3 Å². The van der Waals surface area contributed by atoms with E-state index < -0.39 is 0 Å². The number of thiazole rings is 1. The van der Waals surface area contributed by atoms with E-state index in [2.05, 4.69) is 15.0 Å². The first-order valence-electron chi connectivity index (χ1n) is 9.47. The van der Waals surface area contributed by atoms with Crippen molar-refractivity contribution in [1.29, 1.82) is 0 Å². The standard InChI is InChI=1S/C21H19N3O3S2/c25-20(23-21-22-16-5-2-6-19(16)28-21)13-3-1-4-14(11-13)24-29-15-7-8-17-18(12-15)27-10-9-26-17/h1,3-4,7-8,11-12,24H,2,5-6,9-10H2,(H,22,23,25). The SMILES string of the molecule is O=C(Nc1nc2c(s1)CCC2)c1cccc(NSc2ccc3c(c2)OCCO3)c1. The van der Waals surface area contributed by atoms with Crippen molar-refractivity contribution in [3.05, 3.63) is 58.6 Å². The number of rotatable bonds is 5. The van der Waals surface area contributed by atoms with Gasteiger partial charge in [-0.1, -0.05) is 6.07 Å². The quantitative estimate of drug-likeness (QED) is 0.574. The molecule has 0 bridgehead atoms. The second-order valence-electron chi connectivity index (χ2n) is 6.79. The van der Waals surface area contributed by atoms with Crippen molar-refractivity contribution in [2.75, 3.05) is 23.3 Å². The zero-order chi connectivity index (χ0) is 19.6.